The molecule has 8 heteroatoms. The van der Waals surface area contributed by atoms with E-state index in [1.165, 1.54) is 28.7 Å². The van der Waals surface area contributed by atoms with Gasteiger partial charge in [-0.05, 0) is 18.1 Å². The lowest BCUT2D eigenvalue weighted by molar-refractivity contribution is -0.115. The lowest BCUT2D eigenvalue weighted by Crippen LogP contribution is -2.14. The quantitative estimate of drug-likeness (QED) is 0.701. The molecule has 0 aliphatic carbocycles. The molecule has 0 saturated heterocycles. The Morgan fingerprint density at radius 3 is 2.84 bits per heavy atom. The molecule has 0 radical (unpaired) electrons. The molecule has 0 bridgehead atoms. The van der Waals surface area contributed by atoms with E-state index < -0.39 is 0 Å². The minimum atomic E-state index is -0.320. The van der Waals surface area contributed by atoms with Crippen LogP contribution < -0.4 is 5.32 Å². The van der Waals surface area contributed by atoms with Crippen LogP contribution in [-0.2, 0) is 17.6 Å². The number of halogens is 1. The molecule has 2 aromatic heterocycles. The first-order chi connectivity index (χ1) is 12.0. The molecule has 0 saturated carbocycles. The van der Waals surface area contributed by atoms with Gasteiger partial charge < -0.3 is 5.32 Å². The number of thiazole rings is 1. The number of hydrogen-bond donors (Lipinski definition) is 1. The van der Waals surface area contributed by atoms with E-state index in [4.69, 9.17) is 0 Å². The summed E-state index contributed by atoms with van der Waals surface area (Å²) in [5, 5.41) is 14.5. The molecule has 1 N–H and O–H groups in total. The molecule has 2 heterocycles. The number of benzene rings is 1. The van der Waals surface area contributed by atoms with Gasteiger partial charge in [-0.1, -0.05) is 37.3 Å². The Morgan fingerprint density at radius 1 is 1.28 bits per heavy atom. The van der Waals surface area contributed by atoms with Crippen LogP contribution in [0.5, 0.6) is 0 Å². The largest absolute Gasteiger partial charge is 0.300 e. The van der Waals surface area contributed by atoms with Crippen LogP contribution in [0.1, 0.15) is 24.5 Å². The molecule has 25 heavy (non-hydrogen) atoms. The zero-order valence-corrected chi connectivity index (χ0v) is 15.5. The third-order valence-electron chi connectivity index (χ3n) is 3.29. The molecule has 1 amide bonds. The number of carbonyl (C=O) groups excluding carboxylic acids is 1. The van der Waals surface area contributed by atoms with Gasteiger partial charge >= 0.3 is 0 Å². The summed E-state index contributed by atoms with van der Waals surface area (Å²) in [4.78, 5) is 16.5. The molecule has 1 aromatic carbocycles. The van der Waals surface area contributed by atoms with E-state index in [1.807, 2.05) is 0 Å². The Kier molecular flexibility index (Phi) is 5.50. The molecule has 3 rings (SSSR count). The van der Waals surface area contributed by atoms with Gasteiger partial charge in [-0.15, -0.1) is 21.5 Å². The fraction of sp³-hybridized carbons (Fsp3) is 0.294. The lowest BCUT2D eigenvalue weighted by Gasteiger charge is -1.99. The smallest absolute Gasteiger partial charge is 0.232 e. The third kappa shape index (κ3) is 4.67. The Balaban J connectivity index is 1.62. The average molecular weight is 376 g/mol. The molecule has 5 nitrogen and oxygen atoms in total. The summed E-state index contributed by atoms with van der Waals surface area (Å²) in [5.41, 5.74) is 1.05. The van der Waals surface area contributed by atoms with Crippen LogP contribution >= 0.6 is 22.7 Å². The number of rotatable bonds is 6. The van der Waals surface area contributed by atoms with Crippen molar-refractivity contribution < 1.29 is 9.18 Å². The number of aromatic nitrogens is 3. The molecule has 0 aliphatic rings. The van der Waals surface area contributed by atoms with Crippen molar-refractivity contribution in [2.45, 2.75) is 26.7 Å². The van der Waals surface area contributed by atoms with E-state index in [9.17, 15) is 9.18 Å². The van der Waals surface area contributed by atoms with Crippen molar-refractivity contribution in [2.75, 3.05) is 5.32 Å². The summed E-state index contributed by atoms with van der Waals surface area (Å²) in [6.45, 7) is 4.21. The zero-order chi connectivity index (χ0) is 17.8. The molecular weight excluding hydrogens is 359 g/mol. The number of nitrogens with one attached hydrogen (secondary N) is 1. The van der Waals surface area contributed by atoms with Crippen LogP contribution in [0.15, 0.2) is 29.6 Å². The van der Waals surface area contributed by atoms with Crippen molar-refractivity contribution in [1.82, 2.24) is 15.2 Å². The van der Waals surface area contributed by atoms with Crippen LogP contribution in [0.3, 0.4) is 0 Å². The average Bonchev–Trinajstić information content (AvgIpc) is 3.17. The maximum absolute atomic E-state index is 13.8. The van der Waals surface area contributed by atoms with Crippen molar-refractivity contribution >= 4 is 33.7 Å². The summed E-state index contributed by atoms with van der Waals surface area (Å²) < 4.78 is 13.8. The van der Waals surface area contributed by atoms with Gasteiger partial charge in [0.25, 0.3) is 0 Å². The molecule has 3 aromatic rings. The van der Waals surface area contributed by atoms with Gasteiger partial charge in [0, 0.05) is 17.4 Å². The Bertz CT molecular complexity index is 875. The Hall–Kier alpha value is -2.19. The van der Waals surface area contributed by atoms with E-state index in [-0.39, 0.29) is 18.1 Å². The van der Waals surface area contributed by atoms with Gasteiger partial charge in [-0.25, -0.2) is 9.37 Å². The van der Waals surface area contributed by atoms with Gasteiger partial charge in [0.1, 0.15) is 15.8 Å². The third-order valence-corrected chi connectivity index (χ3v) is 5.08. The lowest BCUT2D eigenvalue weighted by atomic mass is 10.1. The summed E-state index contributed by atoms with van der Waals surface area (Å²) in [7, 11) is 0. The monoisotopic (exact) mass is 376 g/mol. The summed E-state index contributed by atoms with van der Waals surface area (Å²) in [6.07, 6.45) is 0.954. The second kappa shape index (κ2) is 7.79. The molecule has 0 unspecified atom stereocenters. The number of nitrogens with zero attached hydrogens (tertiary/aromatic N) is 3. The molecule has 130 valence electrons. The normalized spacial score (nSPS) is 11.0. The van der Waals surface area contributed by atoms with Crippen LogP contribution in [-0.4, -0.2) is 21.1 Å². The van der Waals surface area contributed by atoms with Gasteiger partial charge in [0.15, 0.2) is 0 Å². The molecule has 0 aliphatic heterocycles. The summed E-state index contributed by atoms with van der Waals surface area (Å²) >= 11 is 2.70. The molecule has 0 spiro atoms. The topological polar surface area (TPSA) is 67.8 Å². The highest BCUT2D eigenvalue weighted by Crippen LogP contribution is 2.26. The van der Waals surface area contributed by atoms with E-state index in [1.54, 1.807) is 23.6 Å². The maximum atomic E-state index is 13.8. The number of amides is 1. The maximum Gasteiger partial charge on any atom is 0.232 e. The van der Waals surface area contributed by atoms with E-state index in [2.05, 4.69) is 34.3 Å². The van der Waals surface area contributed by atoms with Gasteiger partial charge in [0.05, 0.1) is 12.1 Å². The van der Waals surface area contributed by atoms with E-state index >= 15 is 0 Å². The minimum Gasteiger partial charge on any atom is -0.300 e. The van der Waals surface area contributed by atoms with Crippen molar-refractivity contribution in [2.24, 2.45) is 5.92 Å². The predicted molar refractivity (Wildman–Crippen MR) is 98.3 cm³/mol. The first-order valence-corrected chi connectivity index (χ1v) is 9.52. The first-order valence-electron chi connectivity index (χ1n) is 7.83. The molecule has 0 atom stereocenters. The Morgan fingerprint density at radius 2 is 2.08 bits per heavy atom. The van der Waals surface area contributed by atoms with Crippen molar-refractivity contribution in [3.8, 4) is 10.6 Å². The summed E-state index contributed by atoms with van der Waals surface area (Å²) in [6, 6.07) is 6.47. The fourth-order valence-electron chi connectivity index (χ4n) is 2.21. The second-order valence-electron chi connectivity index (χ2n) is 5.95. The number of anilines is 1. The predicted octanol–water partition coefficient (Wildman–Crippen LogP) is 4.18. The van der Waals surface area contributed by atoms with Crippen LogP contribution in [0.4, 0.5) is 9.52 Å². The van der Waals surface area contributed by atoms with Crippen LogP contribution in [0, 0.1) is 11.7 Å². The van der Waals surface area contributed by atoms with Crippen molar-refractivity contribution in [1.29, 1.82) is 0 Å². The zero-order valence-electron chi connectivity index (χ0n) is 13.8. The van der Waals surface area contributed by atoms with Crippen LogP contribution in [0.25, 0.3) is 10.6 Å². The highest BCUT2D eigenvalue weighted by Gasteiger charge is 2.13. The van der Waals surface area contributed by atoms with Gasteiger partial charge in [-0.3, -0.25) is 4.79 Å². The standard InChI is InChI=1S/C17H17FN4OS2/c1-10(2)7-15-21-22-17(25-15)20-14(23)8-11-9-24-16(19-11)12-5-3-4-6-13(12)18/h3-6,9-10H,7-8H2,1-2H3,(H,20,22,23). The SMILES string of the molecule is CC(C)Cc1nnc(NC(=O)Cc2csc(-c3ccccc3F)n2)s1. The van der Waals surface area contributed by atoms with Crippen molar-refractivity contribution in [3.05, 3.63) is 46.2 Å². The second-order valence-corrected chi connectivity index (χ2v) is 7.87. The first kappa shape index (κ1) is 17.6. The molecule has 0 fully saturated rings. The minimum absolute atomic E-state index is 0.115. The number of hydrogen-bond acceptors (Lipinski definition) is 6. The van der Waals surface area contributed by atoms with E-state index in [0.29, 0.717) is 27.3 Å². The van der Waals surface area contributed by atoms with Gasteiger partial charge in [0.2, 0.25) is 11.0 Å². The highest BCUT2D eigenvalue weighted by molar-refractivity contribution is 7.15. The Labute approximate surface area is 153 Å². The van der Waals surface area contributed by atoms with Crippen LogP contribution in [0.2, 0.25) is 0 Å². The van der Waals surface area contributed by atoms with Crippen molar-refractivity contribution in [3.63, 3.8) is 0 Å². The highest BCUT2D eigenvalue weighted by atomic mass is 32.1. The number of carbonyl (C=O) groups is 1. The molecular formula is C17H17FN4OS2. The fourth-order valence-corrected chi connectivity index (χ4v) is 4.02. The summed E-state index contributed by atoms with van der Waals surface area (Å²) in [5.74, 6) is -0.0414. The van der Waals surface area contributed by atoms with E-state index in [0.717, 1.165) is 11.4 Å². The van der Waals surface area contributed by atoms with Gasteiger partial charge in [-0.2, -0.15) is 0 Å².